The third kappa shape index (κ3) is 4.57. The van der Waals surface area contributed by atoms with Gasteiger partial charge in [-0.3, -0.25) is 4.79 Å². The minimum atomic E-state index is -4.31. The van der Waals surface area contributed by atoms with Gasteiger partial charge in [-0.2, -0.15) is 4.72 Å². The van der Waals surface area contributed by atoms with E-state index in [1.54, 1.807) is 18.2 Å². The van der Waals surface area contributed by atoms with Crippen LogP contribution in [0.25, 0.3) is 0 Å². The summed E-state index contributed by atoms with van der Waals surface area (Å²) in [5, 5.41) is -0.184. The van der Waals surface area contributed by atoms with Crippen LogP contribution in [0, 0.1) is 0 Å². The van der Waals surface area contributed by atoms with E-state index in [4.69, 9.17) is 17.3 Å². The van der Waals surface area contributed by atoms with Crippen LogP contribution in [-0.4, -0.2) is 29.0 Å². The number of nitrogens with two attached hydrogens (primary N) is 1. The summed E-state index contributed by atoms with van der Waals surface area (Å²) in [6, 6.07) is 9.97. The molecule has 0 spiro atoms. The van der Waals surface area contributed by atoms with Gasteiger partial charge in [0.25, 0.3) is 0 Å². The third-order valence-corrected chi connectivity index (χ3v) is 6.33. The topological polar surface area (TPSA) is 123 Å². The van der Waals surface area contributed by atoms with E-state index in [0.717, 1.165) is 18.4 Å². The monoisotopic (exact) mass is 402 g/mol. The van der Waals surface area contributed by atoms with Crippen LogP contribution in [0.5, 0.6) is 0 Å². The second-order valence-corrected chi connectivity index (χ2v) is 9.34. The average Bonchev–Trinajstić information content (AvgIpc) is 2.52. The van der Waals surface area contributed by atoms with Crippen LogP contribution < -0.4 is 10.5 Å². The van der Waals surface area contributed by atoms with Crippen molar-refractivity contribution < 1.29 is 21.6 Å². The Kier molecular flexibility index (Phi) is 5.52. The Hall–Kier alpha value is -1.94. The van der Waals surface area contributed by atoms with E-state index >= 15 is 0 Å². The van der Waals surface area contributed by atoms with Gasteiger partial charge in [-0.05, 0) is 23.8 Å². The Labute approximate surface area is 150 Å². The Morgan fingerprint density at radius 3 is 2.20 bits per heavy atom. The molecule has 134 valence electrons. The molecule has 2 aromatic carbocycles. The van der Waals surface area contributed by atoms with E-state index in [1.807, 2.05) is 0 Å². The molecule has 0 aliphatic carbocycles. The molecule has 0 saturated heterocycles. The Balaban J connectivity index is 2.50. The maximum absolute atomic E-state index is 12.6. The summed E-state index contributed by atoms with van der Waals surface area (Å²) < 4.78 is 50.7. The highest BCUT2D eigenvalue weighted by molar-refractivity contribution is 7.91. The molecule has 2 rings (SSSR count). The summed E-state index contributed by atoms with van der Waals surface area (Å²) in [4.78, 5) is 11.0. The third-order valence-electron chi connectivity index (χ3n) is 3.31. The first-order valence-electron chi connectivity index (χ1n) is 6.88. The quantitative estimate of drug-likeness (QED) is 0.752. The lowest BCUT2D eigenvalue weighted by atomic mass is 10.1. The minimum absolute atomic E-state index is 0.184. The molecular weight excluding hydrogens is 388 g/mol. The van der Waals surface area contributed by atoms with E-state index in [9.17, 15) is 21.6 Å². The van der Waals surface area contributed by atoms with Crippen molar-refractivity contribution in [2.24, 2.45) is 5.73 Å². The van der Waals surface area contributed by atoms with E-state index in [2.05, 4.69) is 4.72 Å². The van der Waals surface area contributed by atoms with Crippen molar-refractivity contribution in [1.82, 2.24) is 4.72 Å². The number of nitrogens with one attached hydrogen (secondary N) is 1. The van der Waals surface area contributed by atoms with Crippen molar-refractivity contribution in [2.75, 3.05) is 6.26 Å². The zero-order chi connectivity index (χ0) is 18.8. The van der Waals surface area contributed by atoms with Gasteiger partial charge in [0.1, 0.15) is 10.9 Å². The molecule has 0 fully saturated rings. The molecule has 25 heavy (non-hydrogen) atoms. The van der Waals surface area contributed by atoms with Gasteiger partial charge in [0, 0.05) is 6.26 Å². The van der Waals surface area contributed by atoms with E-state index in [-0.39, 0.29) is 9.92 Å². The van der Waals surface area contributed by atoms with Crippen LogP contribution >= 0.6 is 11.6 Å². The van der Waals surface area contributed by atoms with Crippen molar-refractivity contribution >= 4 is 37.4 Å². The molecule has 1 atom stereocenters. The molecule has 3 N–H and O–H groups in total. The lowest BCUT2D eigenvalue weighted by Crippen LogP contribution is -2.37. The number of hydrogen-bond acceptors (Lipinski definition) is 5. The van der Waals surface area contributed by atoms with Crippen molar-refractivity contribution in [1.29, 1.82) is 0 Å². The van der Waals surface area contributed by atoms with Gasteiger partial charge in [-0.25, -0.2) is 16.8 Å². The first-order valence-corrected chi connectivity index (χ1v) is 10.6. The molecule has 1 amide bonds. The number of amides is 1. The van der Waals surface area contributed by atoms with Crippen LogP contribution in [0.1, 0.15) is 11.6 Å². The van der Waals surface area contributed by atoms with Gasteiger partial charge in [0.05, 0.1) is 9.92 Å². The van der Waals surface area contributed by atoms with E-state index in [1.165, 1.54) is 18.2 Å². The SMILES string of the molecule is CS(=O)(=O)c1ccc(Cl)c(S(=O)(=O)NC(C(N)=O)c2ccccc2)c1. The van der Waals surface area contributed by atoms with Crippen LogP contribution in [0.15, 0.2) is 58.3 Å². The predicted octanol–water partition coefficient (Wildman–Crippen LogP) is 1.25. The molecule has 0 saturated carbocycles. The fourth-order valence-corrected chi connectivity index (χ4v) is 4.52. The lowest BCUT2D eigenvalue weighted by Gasteiger charge is -2.17. The number of rotatable bonds is 6. The van der Waals surface area contributed by atoms with Crippen molar-refractivity contribution in [3.05, 3.63) is 59.1 Å². The zero-order valence-electron chi connectivity index (χ0n) is 13.0. The van der Waals surface area contributed by atoms with Gasteiger partial charge in [0.2, 0.25) is 15.9 Å². The molecule has 0 radical (unpaired) electrons. The molecule has 7 nitrogen and oxygen atoms in total. The molecule has 0 aliphatic rings. The maximum atomic E-state index is 12.6. The number of primary amides is 1. The smallest absolute Gasteiger partial charge is 0.243 e. The van der Waals surface area contributed by atoms with Gasteiger partial charge in [0.15, 0.2) is 9.84 Å². The van der Waals surface area contributed by atoms with Crippen molar-refractivity contribution in [2.45, 2.75) is 15.8 Å². The Bertz CT molecular complexity index is 1010. The minimum Gasteiger partial charge on any atom is -0.368 e. The number of carbonyl (C=O) groups excluding carboxylic acids is 1. The van der Waals surface area contributed by atoms with Crippen molar-refractivity contribution in [3.63, 3.8) is 0 Å². The summed E-state index contributed by atoms with van der Waals surface area (Å²) >= 11 is 5.91. The number of sulfonamides is 1. The molecule has 0 aromatic heterocycles. The van der Waals surface area contributed by atoms with Crippen LogP contribution in [-0.2, 0) is 24.7 Å². The lowest BCUT2D eigenvalue weighted by molar-refractivity contribution is -0.119. The molecule has 0 heterocycles. The first-order chi connectivity index (χ1) is 11.5. The second-order valence-electron chi connectivity index (χ2n) is 5.23. The number of hydrogen-bond donors (Lipinski definition) is 2. The number of sulfone groups is 1. The second kappa shape index (κ2) is 7.12. The number of benzene rings is 2. The number of carbonyl (C=O) groups is 1. The predicted molar refractivity (Wildman–Crippen MR) is 93.3 cm³/mol. The summed E-state index contributed by atoms with van der Waals surface area (Å²) in [5.41, 5.74) is 5.64. The van der Waals surface area contributed by atoms with Crippen molar-refractivity contribution in [3.8, 4) is 0 Å². The van der Waals surface area contributed by atoms with Gasteiger partial charge in [-0.15, -0.1) is 0 Å². The van der Waals surface area contributed by atoms with Crippen LogP contribution in [0.4, 0.5) is 0 Å². The normalized spacial score (nSPS) is 13.4. The summed E-state index contributed by atoms with van der Waals surface area (Å²) in [6.45, 7) is 0. The van der Waals surface area contributed by atoms with Gasteiger partial charge < -0.3 is 5.73 Å². The summed E-state index contributed by atoms with van der Waals surface area (Å²) in [7, 11) is -7.96. The van der Waals surface area contributed by atoms with Gasteiger partial charge in [-0.1, -0.05) is 41.9 Å². The average molecular weight is 403 g/mol. The van der Waals surface area contributed by atoms with E-state index < -0.39 is 36.7 Å². The molecule has 2 aromatic rings. The van der Waals surface area contributed by atoms with Crippen LogP contribution in [0.2, 0.25) is 5.02 Å². The Morgan fingerprint density at radius 2 is 1.68 bits per heavy atom. The van der Waals surface area contributed by atoms with E-state index in [0.29, 0.717) is 5.56 Å². The summed E-state index contributed by atoms with van der Waals surface area (Å²) in [6.07, 6.45) is 0.941. The highest BCUT2D eigenvalue weighted by Gasteiger charge is 2.28. The first kappa shape index (κ1) is 19.4. The highest BCUT2D eigenvalue weighted by atomic mass is 35.5. The van der Waals surface area contributed by atoms with Gasteiger partial charge >= 0.3 is 0 Å². The number of halogens is 1. The Morgan fingerprint density at radius 1 is 1.08 bits per heavy atom. The molecule has 10 heteroatoms. The highest BCUT2D eigenvalue weighted by Crippen LogP contribution is 2.26. The zero-order valence-corrected chi connectivity index (χ0v) is 15.4. The fourth-order valence-electron chi connectivity index (χ4n) is 2.07. The molecule has 0 aliphatic heterocycles. The molecule has 1 unspecified atom stereocenters. The standard InChI is InChI=1S/C15H15ClN2O5S2/c1-24(20,21)11-7-8-12(16)13(9-11)25(22,23)18-14(15(17)19)10-5-3-2-4-6-10/h2-9,14,18H,1H3,(H2,17,19). The molecular formula is C15H15ClN2O5S2. The fraction of sp³-hybridized carbons (Fsp3) is 0.133. The summed E-state index contributed by atoms with van der Waals surface area (Å²) in [5.74, 6) is -0.912. The maximum Gasteiger partial charge on any atom is 0.243 e. The molecule has 0 bridgehead atoms. The largest absolute Gasteiger partial charge is 0.368 e. The van der Waals surface area contributed by atoms with Crippen LogP contribution in [0.3, 0.4) is 0 Å².